The van der Waals surface area contributed by atoms with Gasteiger partial charge in [0.15, 0.2) is 5.11 Å². The summed E-state index contributed by atoms with van der Waals surface area (Å²) in [5.74, 6) is 1.20. The maximum atomic E-state index is 6.18. The fourth-order valence-electron chi connectivity index (χ4n) is 2.09. The van der Waals surface area contributed by atoms with Crippen LogP contribution in [0, 0.1) is 0 Å². The Kier molecular flexibility index (Phi) is 5.71. The Morgan fingerprint density at radius 2 is 1.84 bits per heavy atom. The maximum absolute atomic E-state index is 6.18. The molecule has 0 spiro atoms. The predicted molar refractivity (Wildman–Crippen MR) is 108 cm³/mol. The summed E-state index contributed by atoms with van der Waals surface area (Å²) in [6, 6.07) is 18.4. The molecule has 7 heteroatoms. The second kappa shape index (κ2) is 8.16. The minimum atomic E-state index is 0.384. The van der Waals surface area contributed by atoms with Crippen LogP contribution in [0.2, 0.25) is 10.0 Å². The summed E-state index contributed by atoms with van der Waals surface area (Å²) >= 11 is 17.2. The summed E-state index contributed by atoms with van der Waals surface area (Å²) in [5.41, 5.74) is 4.38. The quantitative estimate of drug-likeness (QED) is 0.347. The molecule has 126 valence electrons. The van der Waals surface area contributed by atoms with Crippen molar-refractivity contribution in [1.29, 1.82) is 0 Å². The molecule has 2 N–H and O–H groups in total. The predicted octanol–water partition coefficient (Wildman–Crippen LogP) is 5.57. The Labute approximate surface area is 160 Å². The highest BCUT2D eigenvalue weighted by molar-refractivity contribution is 7.80. The average molecular weight is 390 g/mol. The van der Waals surface area contributed by atoms with E-state index in [-0.39, 0.29) is 0 Å². The molecule has 0 aliphatic rings. The van der Waals surface area contributed by atoms with E-state index >= 15 is 0 Å². The van der Waals surface area contributed by atoms with Gasteiger partial charge in [0.1, 0.15) is 11.5 Å². The van der Waals surface area contributed by atoms with E-state index in [1.807, 2.05) is 42.5 Å². The van der Waals surface area contributed by atoms with Crippen molar-refractivity contribution in [1.82, 2.24) is 5.43 Å². The van der Waals surface area contributed by atoms with Crippen LogP contribution in [0.25, 0.3) is 11.3 Å². The van der Waals surface area contributed by atoms with E-state index in [2.05, 4.69) is 15.8 Å². The van der Waals surface area contributed by atoms with Crippen LogP contribution in [-0.4, -0.2) is 11.3 Å². The molecule has 2 aromatic carbocycles. The summed E-state index contributed by atoms with van der Waals surface area (Å²) in [6.45, 7) is 0. The lowest BCUT2D eigenvalue weighted by atomic mass is 10.2. The highest BCUT2D eigenvalue weighted by Crippen LogP contribution is 2.31. The molecule has 0 aliphatic heterocycles. The largest absolute Gasteiger partial charge is 0.455 e. The highest BCUT2D eigenvalue weighted by Gasteiger charge is 2.08. The van der Waals surface area contributed by atoms with Gasteiger partial charge in [0, 0.05) is 16.3 Å². The lowest BCUT2D eigenvalue weighted by molar-refractivity contribution is 0.574. The molecule has 0 radical (unpaired) electrons. The van der Waals surface area contributed by atoms with E-state index in [9.17, 15) is 0 Å². The molecule has 0 saturated carbocycles. The summed E-state index contributed by atoms with van der Waals surface area (Å²) in [6.07, 6.45) is 1.53. The van der Waals surface area contributed by atoms with Crippen molar-refractivity contribution in [3.8, 4) is 11.3 Å². The lowest BCUT2D eigenvalue weighted by Gasteiger charge is -2.05. The first kappa shape index (κ1) is 17.5. The molecule has 0 saturated heterocycles. The number of furan rings is 1. The van der Waals surface area contributed by atoms with Crippen molar-refractivity contribution >= 4 is 52.4 Å². The Morgan fingerprint density at radius 1 is 1.04 bits per heavy atom. The monoisotopic (exact) mass is 389 g/mol. The third kappa shape index (κ3) is 4.82. The van der Waals surface area contributed by atoms with Crippen LogP contribution < -0.4 is 10.7 Å². The average Bonchev–Trinajstić information content (AvgIpc) is 3.04. The molecule has 1 heterocycles. The minimum absolute atomic E-state index is 0.384. The molecule has 0 fully saturated rings. The number of nitrogens with zero attached hydrogens (tertiary/aromatic N) is 1. The molecule has 0 unspecified atom stereocenters. The van der Waals surface area contributed by atoms with E-state index in [0.717, 1.165) is 11.3 Å². The lowest BCUT2D eigenvalue weighted by Crippen LogP contribution is -2.23. The number of benzene rings is 2. The third-order valence-electron chi connectivity index (χ3n) is 3.21. The Morgan fingerprint density at radius 3 is 2.60 bits per heavy atom. The molecule has 3 rings (SSSR count). The van der Waals surface area contributed by atoms with Gasteiger partial charge in [-0.1, -0.05) is 41.4 Å². The van der Waals surface area contributed by atoms with Gasteiger partial charge in [0.2, 0.25) is 0 Å². The summed E-state index contributed by atoms with van der Waals surface area (Å²) in [5, 5.41) is 8.56. The van der Waals surface area contributed by atoms with Gasteiger partial charge in [-0.15, -0.1) is 0 Å². The second-order valence-corrected chi connectivity index (χ2v) is 6.27. The highest BCUT2D eigenvalue weighted by atomic mass is 35.5. The van der Waals surface area contributed by atoms with E-state index in [4.69, 9.17) is 39.8 Å². The zero-order chi connectivity index (χ0) is 17.6. The first-order valence-electron chi connectivity index (χ1n) is 7.32. The molecular formula is C18H13Cl2N3OS. The van der Waals surface area contributed by atoms with Gasteiger partial charge in [0.05, 0.1) is 11.2 Å². The van der Waals surface area contributed by atoms with Crippen molar-refractivity contribution < 1.29 is 4.42 Å². The number of hydrazone groups is 1. The Balaban J connectivity index is 1.61. The fraction of sp³-hybridized carbons (Fsp3) is 0. The van der Waals surface area contributed by atoms with E-state index in [1.54, 1.807) is 18.2 Å². The maximum Gasteiger partial charge on any atom is 0.191 e. The van der Waals surface area contributed by atoms with Gasteiger partial charge in [0.25, 0.3) is 0 Å². The zero-order valence-corrected chi connectivity index (χ0v) is 15.2. The van der Waals surface area contributed by atoms with Crippen LogP contribution in [0.3, 0.4) is 0 Å². The molecular weight excluding hydrogens is 377 g/mol. The molecule has 3 aromatic rings. The van der Waals surface area contributed by atoms with Crippen LogP contribution in [0.4, 0.5) is 5.69 Å². The van der Waals surface area contributed by atoms with Gasteiger partial charge in [-0.25, -0.2) is 0 Å². The topological polar surface area (TPSA) is 49.6 Å². The number of nitrogens with one attached hydrogen (secondary N) is 2. The minimum Gasteiger partial charge on any atom is -0.455 e. The molecule has 4 nitrogen and oxygen atoms in total. The Hall–Kier alpha value is -2.34. The molecule has 0 amide bonds. The number of thiocarbonyl (C=S) groups is 1. The number of hydrogen-bond donors (Lipinski definition) is 2. The SMILES string of the molecule is S=C(N/N=C/c1ccc(-c2ccc(Cl)cc2Cl)o1)Nc1ccccc1. The van der Waals surface area contributed by atoms with E-state index in [1.165, 1.54) is 6.21 Å². The first-order valence-corrected chi connectivity index (χ1v) is 8.48. The number of para-hydroxylation sites is 1. The van der Waals surface area contributed by atoms with Crippen molar-refractivity contribution in [3.63, 3.8) is 0 Å². The van der Waals surface area contributed by atoms with Crippen molar-refractivity contribution in [3.05, 3.63) is 76.5 Å². The van der Waals surface area contributed by atoms with Crippen molar-refractivity contribution in [2.75, 3.05) is 5.32 Å². The van der Waals surface area contributed by atoms with Crippen molar-refractivity contribution in [2.24, 2.45) is 5.10 Å². The van der Waals surface area contributed by atoms with Gasteiger partial charge in [-0.3, -0.25) is 5.43 Å². The fourth-order valence-corrected chi connectivity index (χ4v) is 2.76. The number of halogens is 2. The molecule has 0 bridgehead atoms. The van der Waals surface area contributed by atoms with Crippen LogP contribution in [0.1, 0.15) is 5.76 Å². The summed E-state index contributed by atoms with van der Waals surface area (Å²) in [4.78, 5) is 0. The van der Waals surface area contributed by atoms with Gasteiger partial charge >= 0.3 is 0 Å². The third-order valence-corrected chi connectivity index (χ3v) is 3.95. The van der Waals surface area contributed by atoms with Crippen LogP contribution in [-0.2, 0) is 0 Å². The summed E-state index contributed by atoms with van der Waals surface area (Å²) < 4.78 is 5.71. The number of rotatable bonds is 4. The van der Waals surface area contributed by atoms with Crippen LogP contribution in [0.5, 0.6) is 0 Å². The smallest absolute Gasteiger partial charge is 0.191 e. The second-order valence-electron chi connectivity index (χ2n) is 5.02. The van der Waals surface area contributed by atoms with Crippen molar-refractivity contribution in [2.45, 2.75) is 0 Å². The zero-order valence-electron chi connectivity index (χ0n) is 12.9. The standard InChI is InChI=1S/C18H13Cl2N3OS/c19-12-6-8-15(16(20)10-12)17-9-7-14(24-17)11-21-23-18(25)22-13-4-2-1-3-5-13/h1-11H,(H2,22,23,25)/b21-11+. The summed E-state index contributed by atoms with van der Waals surface area (Å²) in [7, 11) is 0. The first-order chi connectivity index (χ1) is 12.1. The van der Waals surface area contributed by atoms with Gasteiger partial charge in [-0.2, -0.15) is 5.10 Å². The van der Waals surface area contributed by atoms with Crippen LogP contribution >= 0.6 is 35.4 Å². The van der Waals surface area contributed by atoms with Crippen LogP contribution in [0.15, 0.2) is 70.2 Å². The molecule has 0 atom stereocenters. The van der Waals surface area contributed by atoms with Gasteiger partial charge < -0.3 is 9.73 Å². The number of anilines is 1. The molecule has 25 heavy (non-hydrogen) atoms. The Bertz CT molecular complexity index is 910. The number of hydrogen-bond acceptors (Lipinski definition) is 3. The van der Waals surface area contributed by atoms with E-state index < -0.39 is 0 Å². The normalized spacial score (nSPS) is 10.8. The molecule has 0 aliphatic carbocycles. The molecule has 1 aromatic heterocycles. The van der Waals surface area contributed by atoms with E-state index in [0.29, 0.717) is 26.7 Å². The van der Waals surface area contributed by atoms with Gasteiger partial charge in [-0.05, 0) is 54.7 Å².